The number of rotatable bonds is 1. The van der Waals surface area contributed by atoms with Crippen LogP contribution in [0.1, 0.15) is 31.9 Å². The third-order valence-electron chi connectivity index (χ3n) is 4.13. The molecular formula is C29H36NSiTi-5. The molecule has 170 valence electrons. The fourth-order valence-corrected chi connectivity index (χ4v) is 2.85. The van der Waals surface area contributed by atoms with E-state index in [2.05, 4.69) is 74.5 Å². The average Bonchev–Trinajstić information content (AvgIpc) is 2.97. The summed E-state index contributed by atoms with van der Waals surface area (Å²) < 4.78 is 0. The van der Waals surface area contributed by atoms with Gasteiger partial charge in [-0.25, -0.2) is 0 Å². The molecule has 0 aliphatic rings. The maximum absolute atomic E-state index is 6.94. The van der Waals surface area contributed by atoms with Gasteiger partial charge in [0.15, 0.2) is 0 Å². The maximum Gasteiger partial charge on any atom is 0 e. The van der Waals surface area contributed by atoms with E-state index >= 15 is 0 Å². The Labute approximate surface area is 216 Å². The molecule has 0 aromatic heterocycles. The summed E-state index contributed by atoms with van der Waals surface area (Å²) in [4.78, 5) is 0. The SMILES string of the molecule is CC(C)(C)[NH-].Cc1[cH-]c2cccc(-c3ccccc3)c2c1C.[CH3-].[CH3-].[Si].[Ti].[c-]1ccccc1. The summed E-state index contributed by atoms with van der Waals surface area (Å²) >= 11 is 0. The van der Waals surface area contributed by atoms with Gasteiger partial charge in [0.05, 0.1) is 0 Å². The first-order valence-electron chi connectivity index (χ1n) is 9.64. The third kappa shape index (κ3) is 11.7. The van der Waals surface area contributed by atoms with Crippen LogP contribution in [0, 0.1) is 34.8 Å². The van der Waals surface area contributed by atoms with Gasteiger partial charge in [0.2, 0.25) is 0 Å². The number of nitrogens with one attached hydrogen (secondary N) is 1. The summed E-state index contributed by atoms with van der Waals surface area (Å²) in [5, 5.41) is 2.75. The minimum Gasteiger partial charge on any atom is -0.673 e. The molecule has 3 heteroatoms. The zero-order chi connectivity index (χ0) is 20.6. The van der Waals surface area contributed by atoms with Crippen molar-refractivity contribution < 1.29 is 21.7 Å². The molecule has 0 aliphatic carbocycles. The van der Waals surface area contributed by atoms with Crippen LogP contribution in [-0.2, 0) is 21.7 Å². The van der Waals surface area contributed by atoms with E-state index in [-0.39, 0.29) is 53.1 Å². The van der Waals surface area contributed by atoms with E-state index < -0.39 is 0 Å². The summed E-state index contributed by atoms with van der Waals surface area (Å²) in [6, 6.07) is 31.9. The predicted molar refractivity (Wildman–Crippen MR) is 142 cm³/mol. The summed E-state index contributed by atoms with van der Waals surface area (Å²) in [6.45, 7) is 9.96. The molecule has 0 heterocycles. The molecule has 0 saturated carbocycles. The van der Waals surface area contributed by atoms with Crippen molar-refractivity contribution in [1.29, 1.82) is 0 Å². The fraction of sp³-hybridized carbons (Fsp3) is 0.207. The Morgan fingerprint density at radius 1 is 0.781 bits per heavy atom. The zero-order valence-corrected chi connectivity index (χ0v) is 23.1. The van der Waals surface area contributed by atoms with E-state index in [1.165, 1.54) is 33.0 Å². The first-order valence-corrected chi connectivity index (χ1v) is 9.64. The van der Waals surface area contributed by atoms with Crippen LogP contribution < -0.4 is 0 Å². The van der Waals surface area contributed by atoms with Crippen LogP contribution in [0.3, 0.4) is 0 Å². The van der Waals surface area contributed by atoms with Gasteiger partial charge in [0.1, 0.15) is 0 Å². The van der Waals surface area contributed by atoms with Crippen molar-refractivity contribution in [2.24, 2.45) is 0 Å². The van der Waals surface area contributed by atoms with E-state index in [1.54, 1.807) is 0 Å². The van der Waals surface area contributed by atoms with Gasteiger partial charge in [-0.2, -0.15) is 42.0 Å². The molecular weight excluding hydrogens is 438 g/mol. The van der Waals surface area contributed by atoms with Crippen LogP contribution in [0.4, 0.5) is 0 Å². The Bertz CT molecular complexity index is 938. The molecule has 4 aromatic carbocycles. The van der Waals surface area contributed by atoms with E-state index in [0.717, 1.165) is 0 Å². The second-order valence-electron chi connectivity index (χ2n) is 7.92. The van der Waals surface area contributed by atoms with E-state index in [4.69, 9.17) is 5.73 Å². The summed E-state index contributed by atoms with van der Waals surface area (Å²) in [7, 11) is 0. The molecule has 1 nitrogen and oxygen atoms in total. The number of benzene rings is 3. The molecule has 0 bridgehead atoms. The van der Waals surface area contributed by atoms with Crippen molar-refractivity contribution in [2.75, 3.05) is 0 Å². The van der Waals surface area contributed by atoms with E-state index in [9.17, 15) is 0 Å². The molecule has 0 saturated heterocycles. The van der Waals surface area contributed by atoms with Gasteiger partial charge in [0.25, 0.3) is 0 Å². The van der Waals surface area contributed by atoms with Gasteiger partial charge >= 0.3 is 0 Å². The molecule has 0 aliphatic heterocycles. The number of fused-ring (bicyclic) bond motifs is 1. The fourth-order valence-electron chi connectivity index (χ4n) is 2.85. The summed E-state index contributed by atoms with van der Waals surface area (Å²) in [5.41, 5.74) is 12.1. The van der Waals surface area contributed by atoms with Crippen LogP contribution in [0.15, 0.2) is 84.9 Å². The smallest absolute Gasteiger partial charge is 0 e. The first-order chi connectivity index (χ1) is 13.3. The molecule has 4 radical (unpaired) electrons. The average molecular weight is 475 g/mol. The van der Waals surface area contributed by atoms with Gasteiger partial charge < -0.3 is 20.6 Å². The second kappa shape index (κ2) is 16.7. The molecule has 0 unspecified atom stereocenters. The normalized spacial score (nSPS) is 9.19. The maximum atomic E-state index is 6.94. The summed E-state index contributed by atoms with van der Waals surface area (Å²) in [5.74, 6) is 0. The van der Waals surface area contributed by atoms with Gasteiger partial charge in [-0.05, 0) is 5.56 Å². The molecule has 0 spiro atoms. The Kier molecular flexibility index (Phi) is 18.2. The van der Waals surface area contributed by atoms with Crippen LogP contribution in [0.25, 0.3) is 27.6 Å². The number of hydrogen-bond acceptors (Lipinski definition) is 0. The van der Waals surface area contributed by atoms with Gasteiger partial charge in [-0.3, -0.25) is 0 Å². The Morgan fingerprint density at radius 3 is 1.72 bits per heavy atom. The monoisotopic (exact) mass is 474 g/mol. The van der Waals surface area contributed by atoms with Crippen LogP contribution in [-0.4, -0.2) is 16.5 Å². The quantitative estimate of drug-likeness (QED) is 0.195. The van der Waals surface area contributed by atoms with E-state index in [0.29, 0.717) is 0 Å². The van der Waals surface area contributed by atoms with Crippen molar-refractivity contribution in [3.63, 3.8) is 0 Å². The summed E-state index contributed by atoms with van der Waals surface area (Å²) in [6.07, 6.45) is 0. The largest absolute Gasteiger partial charge is 0.673 e. The van der Waals surface area contributed by atoms with Crippen LogP contribution >= 0.6 is 0 Å². The van der Waals surface area contributed by atoms with Crippen LogP contribution in [0.2, 0.25) is 0 Å². The number of aryl methyl sites for hydroxylation is 2. The minimum atomic E-state index is -0.250. The second-order valence-corrected chi connectivity index (χ2v) is 7.92. The van der Waals surface area contributed by atoms with Crippen molar-refractivity contribution in [3.05, 3.63) is 123 Å². The van der Waals surface area contributed by atoms with Crippen molar-refractivity contribution in [2.45, 2.75) is 40.2 Å². The predicted octanol–water partition coefficient (Wildman–Crippen LogP) is 8.68. The zero-order valence-electron chi connectivity index (χ0n) is 20.6. The first kappa shape index (κ1) is 34.8. The molecule has 4 aromatic rings. The van der Waals surface area contributed by atoms with Crippen molar-refractivity contribution >= 4 is 21.7 Å². The third-order valence-corrected chi connectivity index (χ3v) is 4.13. The molecule has 1 N–H and O–H groups in total. The molecule has 32 heavy (non-hydrogen) atoms. The van der Waals surface area contributed by atoms with Gasteiger partial charge in [-0.1, -0.05) is 76.6 Å². The Balaban J connectivity index is -0.000000477. The molecule has 0 fully saturated rings. The van der Waals surface area contributed by atoms with Crippen molar-refractivity contribution in [1.82, 2.24) is 0 Å². The topological polar surface area (TPSA) is 23.8 Å². The molecule has 0 amide bonds. The van der Waals surface area contributed by atoms with E-state index in [1.807, 2.05) is 51.1 Å². The van der Waals surface area contributed by atoms with Crippen molar-refractivity contribution in [3.8, 4) is 11.1 Å². The van der Waals surface area contributed by atoms with Gasteiger partial charge in [-0.15, -0.1) is 40.1 Å². The molecule has 4 rings (SSSR count). The minimum absolute atomic E-state index is 0. The Morgan fingerprint density at radius 2 is 1.28 bits per heavy atom. The number of hydrogen-bond donors (Lipinski definition) is 0. The molecule has 0 atom stereocenters. The van der Waals surface area contributed by atoms with Gasteiger partial charge in [0, 0.05) is 32.7 Å². The standard InChI is InChI=1S/C17H15.C6H5.C4H10N.2CH3.Si.Ti/c1-12-11-15-9-6-10-16(17(15)13(12)2)14-7-4-3-5-8-14;1-2-4-6-5-3-1;1-4(2,3)5;;;;/h3-11H,1-2H3;1-5H;5H,1-3H3;2*1H3;;/q5*-1;;. The Hall–Kier alpha value is -1.84. The van der Waals surface area contributed by atoms with Crippen LogP contribution in [0.5, 0.6) is 0 Å².